The van der Waals surface area contributed by atoms with Crippen molar-refractivity contribution in [1.82, 2.24) is 20.0 Å². The number of amides is 1. The van der Waals surface area contributed by atoms with Crippen LogP contribution in [0.1, 0.15) is 19.0 Å². The van der Waals surface area contributed by atoms with Crippen molar-refractivity contribution in [2.45, 2.75) is 26.3 Å². The van der Waals surface area contributed by atoms with Gasteiger partial charge in [0, 0.05) is 24.2 Å². The van der Waals surface area contributed by atoms with Crippen molar-refractivity contribution in [1.29, 1.82) is 0 Å². The van der Waals surface area contributed by atoms with Gasteiger partial charge in [-0.15, -0.1) is 0 Å². The van der Waals surface area contributed by atoms with Crippen LogP contribution in [0.15, 0.2) is 24.5 Å². The predicted octanol–water partition coefficient (Wildman–Crippen LogP) is 1.20. The second-order valence-electron chi connectivity index (χ2n) is 3.78. The number of aromatic nitrogens is 4. The fraction of sp³-hybridized carbons (Fsp3) is 0.364. The zero-order valence-corrected chi connectivity index (χ0v) is 9.68. The lowest BCUT2D eigenvalue weighted by atomic mass is 10.2. The Balaban J connectivity index is 1.89. The number of nitrogens with zero attached hydrogens (tertiary/aromatic N) is 3. The molecule has 0 aliphatic heterocycles. The second kappa shape index (κ2) is 5.29. The lowest BCUT2D eigenvalue weighted by molar-refractivity contribution is -0.116. The van der Waals surface area contributed by atoms with Crippen LogP contribution < -0.4 is 5.32 Å². The standard InChI is InChI=1S/C11H15N5O/c1-2-4-9-7-10(15-14-9)13-11(17)8-16-6-3-5-12-16/h3,5-7H,2,4,8H2,1H3,(H2,13,14,15,17). The molecule has 0 aromatic carbocycles. The molecule has 0 saturated carbocycles. The minimum absolute atomic E-state index is 0.136. The van der Waals surface area contributed by atoms with E-state index in [9.17, 15) is 4.79 Å². The molecule has 6 heteroatoms. The summed E-state index contributed by atoms with van der Waals surface area (Å²) in [5.74, 6) is 0.425. The smallest absolute Gasteiger partial charge is 0.247 e. The Hall–Kier alpha value is -2.11. The summed E-state index contributed by atoms with van der Waals surface area (Å²) in [5, 5.41) is 13.6. The summed E-state index contributed by atoms with van der Waals surface area (Å²) < 4.78 is 1.56. The molecule has 17 heavy (non-hydrogen) atoms. The van der Waals surface area contributed by atoms with Gasteiger partial charge in [0.1, 0.15) is 6.54 Å². The molecule has 1 amide bonds. The zero-order valence-electron chi connectivity index (χ0n) is 9.68. The van der Waals surface area contributed by atoms with Crippen molar-refractivity contribution in [2.75, 3.05) is 5.32 Å². The van der Waals surface area contributed by atoms with E-state index in [1.807, 2.05) is 6.07 Å². The van der Waals surface area contributed by atoms with E-state index in [0.717, 1.165) is 18.5 Å². The van der Waals surface area contributed by atoms with E-state index in [1.54, 1.807) is 23.1 Å². The molecule has 90 valence electrons. The van der Waals surface area contributed by atoms with Gasteiger partial charge in [-0.3, -0.25) is 14.6 Å². The third-order valence-corrected chi connectivity index (χ3v) is 2.28. The molecule has 0 aliphatic carbocycles. The average molecular weight is 233 g/mol. The SMILES string of the molecule is CCCc1cc(NC(=O)Cn2cccn2)n[nH]1. The van der Waals surface area contributed by atoms with Crippen molar-refractivity contribution in [2.24, 2.45) is 0 Å². The van der Waals surface area contributed by atoms with Crippen molar-refractivity contribution < 1.29 is 4.79 Å². The summed E-state index contributed by atoms with van der Waals surface area (Å²) in [7, 11) is 0. The molecule has 6 nitrogen and oxygen atoms in total. The summed E-state index contributed by atoms with van der Waals surface area (Å²) >= 11 is 0. The van der Waals surface area contributed by atoms with Crippen LogP contribution in [-0.2, 0) is 17.8 Å². The molecule has 0 radical (unpaired) electrons. The van der Waals surface area contributed by atoms with Gasteiger partial charge in [0.25, 0.3) is 0 Å². The largest absolute Gasteiger partial charge is 0.308 e. The Bertz CT molecular complexity index is 474. The van der Waals surface area contributed by atoms with E-state index in [-0.39, 0.29) is 12.5 Å². The molecule has 2 heterocycles. The number of carbonyl (C=O) groups is 1. The Morgan fingerprint density at radius 1 is 1.59 bits per heavy atom. The topological polar surface area (TPSA) is 75.6 Å². The Morgan fingerprint density at radius 3 is 3.18 bits per heavy atom. The van der Waals surface area contributed by atoms with Crippen molar-refractivity contribution >= 4 is 11.7 Å². The summed E-state index contributed by atoms with van der Waals surface area (Å²) in [6, 6.07) is 3.63. The Morgan fingerprint density at radius 2 is 2.47 bits per heavy atom. The summed E-state index contributed by atoms with van der Waals surface area (Å²) in [6.07, 6.45) is 5.36. The third-order valence-electron chi connectivity index (χ3n) is 2.28. The van der Waals surface area contributed by atoms with Crippen molar-refractivity contribution in [3.8, 4) is 0 Å². The third kappa shape index (κ3) is 3.17. The number of rotatable bonds is 5. The van der Waals surface area contributed by atoms with Gasteiger partial charge in [-0.05, 0) is 12.5 Å². The molecule has 2 rings (SSSR count). The van der Waals surface area contributed by atoms with Crippen LogP contribution >= 0.6 is 0 Å². The molecule has 0 saturated heterocycles. The first-order valence-corrected chi connectivity index (χ1v) is 5.59. The normalized spacial score (nSPS) is 10.4. The Kier molecular flexibility index (Phi) is 3.54. The number of nitrogens with one attached hydrogen (secondary N) is 2. The van der Waals surface area contributed by atoms with Crippen molar-refractivity contribution in [3.63, 3.8) is 0 Å². The van der Waals surface area contributed by atoms with E-state index in [0.29, 0.717) is 5.82 Å². The van der Waals surface area contributed by atoms with Crippen LogP contribution in [0.3, 0.4) is 0 Å². The van der Waals surface area contributed by atoms with Gasteiger partial charge in [0.15, 0.2) is 5.82 Å². The van der Waals surface area contributed by atoms with Gasteiger partial charge in [-0.2, -0.15) is 10.2 Å². The minimum Gasteiger partial charge on any atom is -0.308 e. The molecule has 2 N–H and O–H groups in total. The number of anilines is 1. The fourth-order valence-electron chi connectivity index (χ4n) is 1.55. The molecule has 0 spiro atoms. The Labute approximate surface area is 99.0 Å². The van der Waals surface area contributed by atoms with Gasteiger partial charge in [-0.1, -0.05) is 13.3 Å². The second-order valence-corrected chi connectivity index (χ2v) is 3.78. The number of aryl methyl sites for hydroxylation is 1. The van der Waals surface area contributed by atoms with E-state index in [2.05, 4.69) is 27.5 Å². The van der Waals surface area contributed by atoms with Crippen LogP contribution in [0.4, 0.5) is 5.82 Å². The van der Waals surface area contributed by atoms with Gasteiger partial charge >= 0.3 is 0 Å². The average Bonchev–Trinajstić information content (AvgIpc) is 2.91. The van der Waals surface area contributed by atoms with Gasteiger partial charge in [0.2, 0.25) is 5.91 Å². The van der Waals surface area contributed by atoms with Crippen LogP contribution in [0, 0.1) is 0 Å². The lowest BCUT2D eigenvalue weighted by Crippen LogP contribution is -2.19. The van der Waals surface area contributed by atoms with Gasteiger partial charge in [0.05, 0.1) is 0 Å². The maximum Gasteiger partial charge on any atom is 0.247 e. The highest BCUT2D eigenvalue weighted by molar-refractivity contribution is 5.89. The molecule has 0 aliphatic rings. The number of hydrogen-bond donors (Lipinski definition) is 2. The first kappa shape index (κ1) is 11.4. The van der Waals surface area contributed by atoms with Crippen molar-refractivity contribution in [3.05, 3.63) is 30.2 Å². The summed E-state index contributed by atoms with van der Waals surface area (Å²) in [6.45, 7) is 2.29. The van der Waals surface area contributed by atoms with E-state index >= 15 is 0 Å². The minimum atomic E-state index is -0.136. The first-order chi connectivity index (χ1) is 8.28. The first-order valence-electron chi connectivity index (χ1n) is 5.59. The maximum absolute atomic E-state index is 11.6. The van der Waals surface area contributed by atoms with Crippen LogP contribution in [0.25, 0.3) is 0 Å². The monoisotopic (exact) mass is 233 g/mol. The molecule has 2 aromatic rings. The highest BCUT2D eigenvalue weighted by Crippen LogP contribution is 2.07. The summed E-state index contributed by atoms with van der Waals surface area (Å²) in [4.78, 5) is 11.6. The molecule has 2 aromatic heterocycles. The highest BCUT2D eigenvalue weighted by atomic mass is 16.2. The maximum atomic E-state index is 11.6. The van der Waals surface area contributed by atoms with Gasteiger partial charge < -0.3 is 5.32 Å². The van der Waals surface area contributed by atoms with Crippen LogP contribution in [0.2, 0.25) is 0 Å². The van der Waals surface area contributed by atoms with E-state index in [1.165, 1.54) is 0 Å². The molecular formula is C11H15N5O. The summed E-state index contributed by atoms with van der Waals surface area (Å²) in [5.41, 5.74) is 1.03. The molecule has 0 atom stereocenters. The van der Waals surface area contributed by atoms with Crippen LogP contribution in [-0.4, -0.2) is 25.9 Å². The highest BCUT2D eigenvalue weighted by Gasteiger charge is 2.06. The quantitative estimate of drug-likeness (QED) is 0.814. The number of aromatic amines is 1. The lowest BCUT2D eigenvalue weighted by Gasteiger charge is -2.01. The predicted molar refractivity (Wildman–Crippen MR) is 63.4 cm³/mol. The molecule has 0 fully saturated rings. The molecule has 0 unspecified atom stereocenters. The zero-order chi connectivity index (χ0) is 12.1. The number of hydrogen-bond acceptors (Lipinski definition) is 3. The van der Waals surface area contributed by atoms with Gasteiger partial charge in [-0.25, -0.2) is 0 Å². The number of H-pyrrole nitrogens is 1. The van der Waals surface area contributed by atoms with E-state index < -0.39 is 0 Å². The van der Waals surface area contributed by atoms with E-state index in [4.69, 9.17) is 0 Å². The van der Waals surface area contributed by atoms with Crippen LogP contribution in [0.5, 0.6) is 0 Å². The molecular weight excluding hydrogens is 218 g/mol. The fourth-order valence-corrected chi connectivity index (χ4v) is 1.55. The number of carbonyl (C=O) groups excluding carboxylic acids is 1. The molecule has 0 bridgehead atoms.